The fourth-order valence-electron chi connectivity index (χ4n) is 12.6. The van der Waals surface area contributed by atoms with Gasteiger partial charge >= 0.3 is 23.9 Å². The smallest absolute Gasteiger partial charge is 0.310 e. The summed E-state index contributed by atoms with van der Waals surface area (Å²) in [6.07, 6.45) is 3.12. The van der Waals surface area contributed by atoms with E-state index in [9.17, 15) is 9.59 Å². The monoisotopic (exact) mass is 817 g/mol. The number of esters is 4. The second-order valence-corrected chi connectivity index (χ2v) is 24.3. The van der Waals surface area contributed by atoms with Crippen molar-refractivity contribution in [3.8, 4) is 0 Å². The maximum absolute atomic E-state index is 15.0. The Kier molecular flexibility index (Phi) is 12.8. The van der Waals surface area contributed by atoms with Crippen LogP contribution in [0.4, 0.5) is 0 Å². The summed E-state index contributed by atoms with van der Waals surface area (Å²) in [4.78, 5) is 59.3. The first-order valence-corrected chi connectivity index (χ1v) is 22.1. The van der Waals surface area contributed by atoms with Crippen LogP contribution in [0.5, 0.6) is 0 Å². The molecule has 4 heterocycles. The molecule has 4 saturated heterocycles. The first-order valence-electron chi connectivity index (χ1n) is 22.1. The van der Waals surface area contributed by atoms with Crippen LogP contribution in [-0.2, 0) is 38.1 Å². The van der Waals surface area contributed by atoms with Crippen LogP contribution < -0.4 is 21.3 Å². The van der Waals surface area contributed by atoms with E-state index >= 15 is 9.59 Å². The molecular formula is C46H80N4O8. The highest BCUT2D eigenvalue weighted by molar-refractivity contribution is 5.91. The molecule has 5 rings (SSSR count). The predicted octanol–water partition coefficient (Wildman–Crippen LogP) is 6.65. The van der Waals surface area contributed by atoms with Crippen molar-refractivity contribution in [1.82, 2.24) is 21.3 Å². The zero-order valence-electron chi connectivity index (χ0n) is 39.0. The second kappa shape index (κ2) is 15.9. The van der Waals surface area contributed by atoms with E-state index in [0.29, 0.717) is 51.4 Å². The SMILES string of the molecule is CC1(C)CC(OC(=O)C2CCC(C(=O)OC3CC(C)(C)NC(C)(C)C3)C(C(=O)OC3CC(C)(C)NC(C)(C)C3)C2C(=O)OC2CC(C)(C)NC(C)(C)C2)CC(C)(C)N1. The van der Waals surface area contributed by atoms with Crippen LogP contribution >= 0.6 is 0 Å². The van der Waals surface area contributed by atoms with E-state index in [1.54, 1.807) is 0 Å². The molecule has 0 radical (unpaired) electrons. The summed E-state index contributed by atoms with van der Waals surface area (Å²) < 4.78 is 25.6. The minimum absolute atomic E-state index is 0.166. The molecule has 0 aromatic heterocycles. The Labute approximate surface area is 349 Å². The summed E-state index contributed by atoms with van der Waals surface area (Å²) in [5, 5.41) is 14.6. The third-order valence-electron chi connectivity index (χ3n) is 12.9. The molecule has 0 aromatic rings. The first-order chi connectivity index (χ1) is 26.1. The summed E-state index contributed by atoms with van der Waals surface area (Å²) >= 11 is 0. The van der Waals surface area contributed by atoms with E-state index in [2.05, 4.69) is 132 Å². The molecule has 58 heavy (non-hydrogen) atoms. The highest BCUT2D eigenvalue weighted by Gasteiger charge is 2.57. The molecule has 4 unspecified atom stereocenters. The van der Waals surface area contributed by atoms with Crippen LogP contribution in [0, 0.1) is 23.7 Å². The van der Waals surface area contributed by atoms with Crippen molar-refractivity contribution < 1.29 is 38.1 Å². The van der Waals surface area contributed by atoms with E-state index in [1.807, 2.05) is 0 Å². The van der Waals surface area contributed by atoms with Crippen LogP contribution in [0.2, 0.25) is 0 Å². The summed E-state index contributed by atoms with van der Waals surface area (Å²) in [7, 11) is 0. The lowest BCUT2D eigenvalue weighted by Gasteiger charge is -2.48. The van der Waals surface area contributed by atoms with Gasteiger partial charge in [0.1, 0.15) is 24.4 Å². The lowest BCUT2D eigenvalue weighted by Crippen LogP contribution is -2.61. The number of hydrogen-bond acceptors (Lipinski definition) is 12. The molecule has 4 aliphatic heterocycles. The van der Waals surface area contributed by atoms with Gasteiger partial charge in [0.2, 0.25) is 0 Å². The Morgan fingerprint density at radius 1 is 0.328 bits per heavy atom. The zero-order chi connectivity index (χ0) is 43.7. The van der Waals surface area contributed by atoms with Gasteiger partial charge in [-0.3, -0.25) is 19.2 Å². The minimum Gasteiger partial charge on any atom is -0.462 e. The maximum Gasteiger partial charge on any atom is 0.310 e. The zero-order valence-corrected chi connectivity index (χ0v) is 39.0. The van der Waals surface area contributed by atoms with Crippen molar-refractivity contribution in [3.05, 3.63) is 0 Å². The normalized spacial score (nSPS) is 33.0. The molecule has 1 saturated carbocycles. The first kappa shape index (κ1) is 46.8. The second-order valence-electron chi connectivity index (χ2n) is 24.3. The van der Waals surface area contributed by atoms with Gasteiger partial charge in [0.15, 0.2) is 0 Å². The number of carbonyl (C=O) groups excluding carboxylic acids is 4. The summed E-state index contributed by atoms with van der Waals surface area (Å²) in [6, 6.07) is 0. The molecule has 12 nitrogen and oxygen atoms in total. The van der Waals surface area contributed by atoms with Crippen molar-refractivity contribution in [2.45, 2.75) is 244 Å². The average Bonchev–Trinajstić information content (AvgIpc) is 2.93. The number of ether oxygens (including phenoxy) is 4. The Morgan fingerprint density at radius 2 is 0.500 bits per heavy atom. The highest BCUT2D eigenvalue weighted by atomic mass is 16.6. The highest BCUT2D eigenvalue weighted by Crippen LogP contribution is 2.45. The lowest BCUT2D eigenvalue weighted by molar-refractivity contribution is -0.191. The van der Waals surface area contributed by atoms with Gasteiger partial charge in [0, 0.05) is 95.7 Å². The fourth-order valence-corrected chi connectivity index (χ4v) is 12.6. The van der Waals surface area contributed by atoms with Crippen LogP contribution in [0.15, 0.2) is 0 Å². The van der Waals surface area contributed by atoms with Crippen molar-refractivity contribution in [3.63, 3.8) is 0 Å². The number of hydrogen-bond donors (Lipinski definition) is 4. The fraction of sp³-hybridized carbons (Fsp3) is 0.913. The van der Waals surface area contributed by atoms with Gasteiger partial charge in [0.25, 0.3) is 0 Å². The Hall–Kier alpha value is -2.28. The molecule has 332 valence electrons. The third kappa shape index (κ3) is 12.2. The molecule has 0 bridgehead atoms. The number of piperidine rings is 4. The number of rotatable bonds is 8. The van der Waals surface area contributed by atoms with E-state index in [1.165, 1.54) is 0 Å². The van der Waals surface area contributed by atoms with Gasteiger partial charge in [-0.1, -0.05) is 0 Å². The van der Waals surface area contributed by atoms with Crippen molar-refractivity contribution in [1.29, 1.82) is 0 Å². The van der Waals surface area contributed by atoms with Crippen molar-refractivity contribution in [2.24, 2.45) is 23.7 Å². The quantitative estimate of drug-likeness (QED) is 0.153. The number of nitrogens with one attached hydrogen (secondary N) is 4. The summed E-state index contributed by atoms with van der Waals surface area (Å²) in [5.74, 6) is -7.06. The summed E-state index contributed by atoms with van der Waals surface area (Å²) in [6.45, 7) is 33.4. The van der Waals surface area contributed by atoms with Crippen LogP contribution in [0.3, 0.4) is 0 Å². The molecule has 0 spiro atoms. The standard InChI is InChI=1S/C46H80N4O8/c1-39(2)19-27(20-40(3,4)47-39)55-35(51)31-17-18-32(36(52)56-28-21-41(5,6)48-42(7,8)22-28)34(38(54)58-30-25-45(13,14)50-46(15,16)26-30)33(31)37(53)57-29-23-43(9,10)49-44(11,12)24-29/h27-34,47-50H,17-26H2,1-16H3. The van der Waals surface area contributed by atoms with E-state index < -0.39 is 72.0 Å². The molecule has 4 atom stereocenters. The summed E-state index contributed by atoms with van der Waals surface area (Å²) in [5.41, 5.74) is -2.49. The Bertz CT molecular complexity index is 1390. The maximum atomic E-state index is 15.0. The van der Waals surface area contributed by atoms with E-state index in [-0.39, 0.29) is 57.2 Å². The topological polar surface area (TPSA) is 153 Å². The largest absolute Gasteiger partial charge is 0.462 e. The van der Waals surface area contributed by atoms with Gasteiger partial charge in [-0.05, 0) is 124 Å². The average molecular weight is 817 g/mol. The van der Waals surface area contributed by atoms with E-state index in [0.717, 1.165) is 0 Å². The Morgan fingerprint density at radius 3 is 0.690 bits per heavy atom. The van der Waals surface area contributed by atoms with Crippen molar-refractivity contribution >= 4 is 23.9 Å². The molecule has 0 amide bonds. The third-order valence-corrected chi connectivity index (χ3v) is 12.9. The van der Waals surface area contributed by atoms with Gasteiger partial charge in [-0.2, -0.15) is 0 Å². The van der Waals surface area contributed by atoms with Gasteiger partial charge in [0.05, 0.1) is 23.7 Å². The molecule has 12 heteroatoms. The lowest BCUT2D eigenvalue weighted by atomic mass is 9.66. The molecular weight excluding hydrogens is 737 g/mol. The molecule has 0 aromatic carbocycles. The van der Waals surface area contributed by atoms with Crippen LogP contribution in [0.1, 0.15) is 175 Å². The predicted molar refractivity (Wildman–Crippen MR) is 225 cm³/mol. The van der Waals surface area contributed by atoms with Crippen LogP contribution in [-0.4, -0.2) is 92.6 Å². The van der Waals surface area contributed by atoms with Gasteiger partial charge in [-0.15, -0.1) is 0 Å². The molecule has 5 aliphatic rings. The van der Waals surface area contributed by atoms with Crippen LogP contribution in [0.25, 0.3) is 0 Å². The molecule has 4 N–H and O–H groups in total. The van der Waals surface area contributed by atoms with Crippen molar-refractivity contribution in [2.75, 3.05) is 0 Å². The molecule has 1 aliphatic carbocycles. The van der Waals surface area contributed by atoms with Gasteiger partial charge < -0.3 is 40.2 Å². The molecule has 5 fully saturated rings. The van der Waals surface area contributed by atoms with Gasteiger partial charge in [-0.25, -0.2) is 0 Å². The number of carbonyl (C=O) groups is 4. The van der Waals surface area contributed by atoms with E-state index in [4.69, 9.17) is 18.9 Å². The minimum atomic E-state index is -1.31. The Balaban J connectivity index is 1.53.